The SMILES string of the molecule is C/C=C/CCP(=O)(O)O. The molecule has 0 aromatic carbocycles. The molecule has 0 aliphatic rings. The van der Waals surface area contributed by atoms with E-state index < -0.39 is 7.60 Å². The molecule has 3 nitrogen and oxygen atoms in total. The third-order valence-electron chi connectivity index (χ3n) is 0.823. The van der Waals surface area contributed by atoms with Crippen LogP contribution in [0.2, 0.25) is 0 Å². The predicted molar refractivity (Wildman–Crippen MR) is 36.3 cm³/mol. The highest BCUT2D eigenvalue weighted by Crippen LogP contribution is 2.34. The molecule has 0 fully saturated rings. The third kappa shape index (κ3) is 7.89. The van der Waals surface area contributed by atoms with Crippen molar-refractivity contribution in [3.05, 3.63) is 12.2 Å². The van der Waals surface area contributed by atoms with Gasteiger partial charge < -0.3 is 9.79 Å². The van der Waals surface area contributed by atoms with Crippen molar-refractivity contribution in [3.63, 3.8) is 0 Å². The average Bonchev–Trinajstić information content (AvgIpc) is 1.63. The van der Waals surface area contributed by atoms with Crippen LogP contribution in [0.1, 0.15) is 13.3 Å². The van der Waals surface area contributed by atoms with Crippen LogP contribution in [0.15, 0.2) is 12.2 Å². The maximum absolute atomic E-state index is 10.2. The van der Waals surface area contributed by atoms with E-state index in [1.165, 1.54) is 0 Å². The molecular weight excluding hydrogens is 139 g/mol. The summed E-state index contributed by atoms with van der Waals surface area (Å²) < 4.78 is 10.2. The van der Waals surface area contributed by atoms with E-state index in [0.29, 0.717) is 6.42 Å². The smallest absolute Gasteiger partial charge is 0.324 e. The Morgan fingerprint density at radius 1 is 1.56 bits per heavy atom. The summed E-state index contributed by atoms with van der Waals surface area (Å²) in [5, 5.41) is 0. The van der Waals surface area contributed by atoms with Crippen molar-refractivity contribution in [2.24, 2.45) is 0 Å². The largest absolute Gasteiger partial charge is 0.325 e. The first-order chi connectivity index (χ1) is 4.06. The normalized spacial score (nSPS) is 12.8. The van der Waals surface area contributed by atoms with Gasteiger partial charge >= 0.3 is 7.60 Å². The Bertz CT molecular complexity index is 135. The lowest BCUT2D eigenvalue weighted by Gasteiger charge is -1.97. The molecule has 0 spiro atoms. The van der Waals surface area contributed by atoms with Crippen LogP contribution in [0, 0.1) is 0 Å². The van der Waals surface area contributed by atoms with Gasteiger partial charge in [0.05, 0.1) is 6.16 Å². The third-order valence-corrected chi connectivity index (χ3v) is 1.66. The van der Waals surface area contributed by atoms with Crippen LogP contribution >= 0.6 is 7.60 Å². The molecule has 0 aromatic rings. The quantitative estimate of drug-likeness (QED) is 0.468. The highest BCUT2D eigenvalue weighted by Gasteiger charge is 2.09. The Labute approximate surface area is 54.6 Å². The molecule has 0 unspecified atom stereocenters. The van der Waals surface area contributed by atoms with Gasteiger partial charge in [0, 0.05) is 0 Å². The van der Waals surface area contributed by atoms with Gasteiger partial charge in [0.1, 0.15) is 0 Å². The second-order valence-electron chi connectivity index (χ2n) is 1.75. The number of allylic oxidation sites excluding steroid dienone is 2. The van der Waals surface area contributed by atoms with Crippen molar-refractivity contribution >= 4 is 7.60 Å². The molecule has 0 heterocycles. The minimum Gasteiger partial charge on any atom is -0.324 e. The molecule has 0 amide bonds. The van der Waals surface area contributed by atoms with Gasteiger partial charge in [0.25, 0.3) is 0 Å². The van der Waals surface area contributed by atoms with E-state index in [2.05, 4.69) is 0 Å². The first-order valence-electron chi connectivity index (χ1n) is 2.72. The molecule has 0 radical (unpaired) electrons. The Morgan fingerprint density at radius 3 is 2.44 bits per heavy atom. The standard InChI is InChI=1S/C5H11O3P/c1-2-3-4-5-9(6,7)8/h2-3H,4-5H2,1H3,(H2,6,7,8)/b3-2+. The van der Waals surface area contributed by atoms with Gasteiger partial charge in [0.2, 0.25) is 0 Å². The second kappa shape index (κ2) is 3.83. The lowest BCUT2D eigenvalue weighted by Crippen LogP contribution is -1.83. The fraction of sp³-hybridized carbons (Fsp3) is 0.600. The molecule has 0 rings (SSSR count). The summed E-state index contributed by atoms with van der Waals surface area (Å²) in [4.78, 5) is 16.6. The fourth-order valence-electron chi connectivity index (χ4n) is 0.409. The minimum atomic E-state index is -3.75. The summed E-state index contributed by atoms with van der Waals surface area (Å²) >= 11 is 0. The van der Waals surface area contributed by atoms with Gasteiger partial charge in [-0.2, -0.15) is 0 Å². The highest BCUT2D eigenvalue weighted by molar-refractivity contribution is 7.51. The van der Waals surface area contributed by atoms with E-state index in [4.69, 9.17) is 9.79 Å². The van der Waals surface area contributed by atoms with Crippen LogP contribution in [-0.4, -0.2) is 15.9 Å². The fourth-order valence-corrected chi connectivity index (χ4v) is 0.895. The maximum Gasteiger partial charge on any atom is 0.325 e. The van der Waals surface area contributed by atoms with Crippen LogP contribution in [0.25, 0.3) is 0 Å². The minimum absolute atomic E-state index is 0.0443. The Balaban J connectivity index is 3.40. The molecule has 4 heteroatoms. The van der Waals surface area contributed by atoms with Gasteiger partial charge in [-0.3, -0.25) is 4.57 Å². The van der Waals surface area contributed by atoms with E-state index in [1.54, 1.807) is 12.2 Å². The number of hydrogen-bond acceptors (Lipinski definition) is 1. The van der Waals surface area contributed by atoms with Gasteiger partial charge in [-0.15, -0.1) is 0 Å². The van der Waals surface area contributed by atoms with Crippen molar-refractivity contribution in [3.8, 4) is 0 Å². The van der Waals surface area contributed by atoms with Crippen molar-refractivity contribution in [1.29, 1.82) is 0 Å². The first kappa shape index (κ1) is 8.89. The summed E-state index contributed by atoms with van der Waals surface area (Å²) in [6.07, 6.45) is 3.92. The van der Waals surface area contributed by atoms with Crippen molar-refractivity contribution in [2.75, 3.05) is 6.16 Å². The van der Waals surface area contributed by atoms with Crippen LogP contribution in [0.5, 0.6) is 0 Å². The van der Waals surface area contributed by atoms with Crippen molar-refractivity contribution in [1.82, 2.24) is 0 Å². The highest BCUT2D eigenvalue weighted by atomic mass is 31.2. The van der Waals surface area contributed by atoms with Crippen LogP contribution in [-0.2, 0) is 4.57 Å². The van der Waals surface area contributed by atoms with Crippen molar-refractivity contribution < 1.29 is 14.4 Å². The second-order valence-corrected chi connectivity index (χ2v) is 3.52. The van der Waals surface area contributed by atoms with E-state index in [9.17, 15) is 4.57 Å². The summed E-state index contributed by atoms with van der Waals surface area (Å²) in [5.41, 5.74) is 0. The average molecular weight is 150 g/mol. The Hall–Kier alpha value is -0.110. The Morgan fingerprint density at radius 2 is 2.11 bits per heavy atom. The molecule has 0 saturated heterocycles. The summed E-state index contributed by atoms with van der Waals surface area (Å²) in [6.45, 7) is 1.82. The molecule has 0 aromatic heterocycles. The topological polar surface area (TPSA) is 57.5 Å². The molecule has 0 aliphatic carbocycles. The number of hydrogen-bond donors (Lipinski definition) is 2. The molecule has 54 valence electrons. The van der Waals surface area contributed by atoms with Gasteiger partial charge in [-0.05, 0) is 13.3 Å². The van der Waals surface area contributed by atoms with Crippen LogP contribution < -0.4 is 0 Å². The summed E-state index contributed by atoms with van der Waals surface area (Å²) in [7, 11) is -3.75. The lowest BCUT2D eigenvalue weighted by atomic mass is 10.4. The molecular formula is C5H11O3P. The Kier molecular flexibility index (Phi) is 3.78. The number of rotatable bonds is 3. The molecule has 0 atom stereocenters. The van der Waals surface area contributed by atoms with Gasteiger partial charge in [-0.25, -0.2) is 0 Å². The van der Waals surface area contributed by atoms with Crippen LogP contribution in [0.4, 0.5) is 0 Å². The van der Waals surface area contributed by atoms with E-state index in [1.807, 2.05) is 6.92 Å². The molecule has 2 N–H and O–H groups in total. The van der Waals surface area contributed by atoms with E-state index in [0.717, 1.165) is 0 Å². The first-order valence-corrected chi connectivity index (χ1v) is 4.52. The van der Waals surface area contributed by atoms with Gasteiger partial charge in [-0.1, -0.05) is 12.2 Å². The zero-order chi connectivity index (χ0) is 7.33. The van der Waals surface area contributed by atoms with Gasteiger partial charge in [0.15, 0.2) is 0 Å². The summed E-state index contributed by atoms with van der Waals surface area (Å²) in [5.74, 6) is 0. The van der Waals surface area contributed by atoms with E-state index >= 15 is 0 Å². The van der Waals surface area contributed by atoms with Crippen molar-refractivity contribution in [2.45, 2.75) is 13.3 Å². The lowest BCUT2D eigenvalue weighted by molar-refractivity contribution is 0.373. The zero-order valence-electron chi connectivity index (χ0n) is 5.32. The maximum atomic E-state index is 10.2. The summed E-state index contributed by atoms with van der Waals surface area (Å²) in [6, 6.07) is 0. The molecule has 0 aliphatic heterocycles. The molecule has 0 bridgehead atoms. The monoisotopic (exact) mass is 150 g/mol. The van der Waals surface area contributed by atoms with E-state index in [-0.39, 0.29) is 6.16 Å². The molecule has 0 saturated carbocycles. The predicted octanol–water partition coefficient (Wildman–Crippen LogP) is 1.13. The van der Waals surface area contributed by atoms with Crippen LogP contribution in [0.3, 0.4) is 0 Å². The zero-order valence-corrected chi connectivity index (χ0v) is 6.21. The molecule has 9 heavy (non-hydrogen) atoms.